The molecule has 3 nitrogen and oxygen atoms in total. The topological polar surface area (TPSA) is 29.5 Å². The van der Waals surface area contributed by atoms with Crippen LogP contribution in [0.1, 0.15) is 25.7 Å². The van der Waals surface area contributed by atoms with Crippen molar-refractivity contribution >= 4 is 5.91 Å². The number of carbonyl (C=O) groups is 1. The average molecular weight is 181 g/mol. The molecular formula is C10H15NO2. The van der Waals surface area contributed by atoms with Gasteiger partial charge in [0.25, 0.3) is 5.91 Å². The lowest BCUT2D eigenvalue weighted by Gasteiger charge is -2.20. The number of carbonyl (C=O) groups excluding carboxylic acids is 1. The molecule has 0 aromatic carbocycles. The molecule has 72 valence electrons. The highest BCUT2D eigenvalue weighted by molar-refractivity contribution is 5.91. The summed E-state index contributed by atoms with van der Waals surface area (Å²) in [6.07, 6.45) is 6.21. The number of likely N-dealkylation sites (N-methyl/N-ethyl adjacent to an activating group) is 1. The number of rotatable bonds is 2. The molecule has 0 bridgehead atoms. The third-order valence-corrected chi connectivity index (χ3v) is 2.56. The molecule has 0 atom stereocenters. The van der Waals surface area contributed by atoms with Crippen LogP contribution in [0.3, 0.4) is 0 Å². The van der Waals surface area contributed by atoms with Gasteiger partial charge in [0.1, 0.15) is 0 Å². The van der Waals surface area contributed by atoms with Crippen molar-refractivity contribution in [3.05, 3.63) is 11.8 Å². The Bertz CT molecular complexity index is 243. The molecule has 0 spiro atoms. The molecule has 0 N–H and O–H groups in total. The molecule has 1 aliphatic carbocycles. The molecule has 13 heavy (non-hydrogen) atoms. The summed E-state index contributed by atoms with van der Waals surface area (Å²) < 4.78 is 5.31. The number of hydrogen-bond donors (Lipinski definition) is 0. The molecule has 2 aliphatic rings. The van der Waals surface area contributed by atoms with Crippen LogP contribution in [-0.4, -0.2) is 30.5 Å². The summed E-state index contributed by atoms with van der Waals surface area (Å²) in [6, 6.07) is 0.471. The van der Waals surface area contributed by atoms with E-state index >= 15 is 0 Å². The fraction of sp³-hybridized carbons (Fsp3) is 0.700. The Morgan fingerprint density at radius 2 is 2.38 bits per heavy atom. The Balaban J connectivity index is 1.98. The van der Waals surface area contributed by atoms with Crippen LogP contribution in [0.25, 0.3) is 0 Å². The third kappa shape index (κ3) is 1.85. The molecule has 3 heteroatoms. The van der Waals surface area contributed by atoms with Crippen LogP contribution in [0.4, 0.5) is 0 Å². The van der Waals surface area contributed by atoms with Crippen molar-refractivity contribution in [3.63, 3.8) is 0 Å². The fourth-order valence-corrected chi connectivity index (χ4v) is 1.51. The zero-order valence-electron chi connectivity index (χ0n) is 7.95. The summed E-state index contributed by atoms with van der Waals surface area (Å²) in [5.74, 6) is 0.614. The van der Waals surface area contributed by atoms with E-state index in [0.717, 1.165) is 25.7 Å². The smallest absolute Gasteiger partial charge is 0.288 e. The first-order valence-corrected chi connectivity index (χ1v) is 4.89. The minimum absolute atomic E-state index is 0.0576. The first-order valence-electron chi connectivity index (χ1n) is 4.89. The van der Waals surface area contributed by atoms with Crippen LogP contribution in [0.2, 0.25) is 0 Å². The number of amides is 1. The minimum Gasteiger partial charge on any atom is -0.488 e. The zero-order valence-corrected chi connectivity index (χ0v) is 7.95. The molecule has 1 fully saturated rings. The van der Waals surface area contributed by atoms with Gasteiger partial charge < -0.3 is 9.64 Å². The maximum atomic E-state index is 11.7. The first-order chi connectivity index (χ1) is 6.29. The van der Waals surface area contributed by atoms with E-state index < -0.39 is 0 Å². The molecule has 0 saturated heterocycles. The minimum atomic E-state index is 0.0576. The Kier molecular flexibility index (Phi) is 2.25. The highest BCUT2D eigenvalue weighted by Gasteiger charge is 2.31. The van der Waals surface area contributed by atoms with Crippen molar-refractivity contribution in [1.82, 2.24) is 4.90 Å². The van der Waals surface area contributed by atoms with E-state index in [0.29, 0.717) is 18.4 Å². The van der Waals surface area contributed by atoms with Gasteiger partial charge in [-0.3, -0.25) is 4.79 Å². The predicted octanol–water partition coefficient (Wildman–Crippen LogP) is 1.30. The number of ether oxygens (including phenoxy) is 1. The van der Waals surface area contributed by atoms with Crippen LogP contribution in [0.5, 0.6) is 0 Å². The molecule has 1 heterocycles. The van der Waals surface area contributed by atoms with Crippen molar-refractivity contribution in [2.24, 2.45) is 0 Å². The second kappa shape index (κ2) is 3.40. The lowest BCUT2D eigenvalue weighted by molar-refractivity contribution is -0.130. The van der Waals surface area contributed by atoms with E-state index in [1.165, 1.54) is 0 Å². The quantitative estimate of drug-likeness (QED) is 0.642. The van der Waals surface area contributed by atoms with Crippen LogP contribution in [-0.2, 0) is 9.53 Å². The highest BCUT2D eigenvalue weighted by Crippen LogP contribution is 2.27. The predicted molar refractivity (Wildman–Crippen MR) is 49.1 cm³/mol. The van der Waals surface area contributed by atoms with Crippen LogP contribution in [0.15, 0.2) is 11.8 Å². The van der Waals surface area contributed by atoms with Crippen molar-refractivity contribution in [1.29, 1.82) is 0 Å². The summed E-state index contributed by atoms with van der Waals surface area (Å²) in [5, 5.41) is 0. The van der Waals surface area contributed by atoms with Gasteiger partial charge in [0.05, 0.1) is 6.61 Å². The summed E-state index contributed by atoms with van der Waals surface area (Å²) in [4.78, 5) is 13.5. The average Bonchev–Trinajstić information content (AvgIpc) is 3.00. The Morgan fingerprint density at radius 3 is 2.92 bits per heavy atom. The Hall–Kier alpha value is -0.990. The van der Waals surface area contributed by atoms with Gasteiger partial charge in [-0.2, -0.15) is 0 Å². The molecule has 2 rings (SSSR count). The molecule has 0 radical (unpaired) electrons. The Morgan fingerprint density at radius 1 is 1.62 bits per heavy atom. The largest absolute Gasteiger partial charge is 0.488 e. The lowest BCUT2D eigenvalue weighted by Crippen LogP contribution is -2.31. The van der Waals surface area contributed by atoms with Gasteiger partial charge in [0.2, 0.25) is 0 Å². The monoisotopic (exact) mass is 181 g/mol. The lowest BCUT2D eigenvalue weighted by atomic mass is 10.2. The molecule has 1 amide bonds. The maximum absolute atomic E-state index is 11.7. The van der Waals surface area contributed by atoms with Gasteiger partial charge in [-0.25, -0.2) is 0 Å². The number of hydrogen-bond acceptors (Lipinski definition) is 2. The fourth-order valence-electron chi connectivity index (χ4n) is 1.51. The zero-order chi connectivity index (χ0) is 9.26. The van der Waals surface area contributed by atoms with Crippen LogP contribution in [0, 0.1) is 0 Å². The van der Waals surface area contributed by atoms with E-state index in [2.05, 4.69) is 0 Å². The van der Waals surface area contributed by atoms with Gasteiger partial charge >= 0.3 is 0 Å². The first kappa shape index (κ1) is 8.60. The van der Waals surface area contributed by atoms with Crippen molar-refractivity contribution in [2.75, 3.05) is 13.7 Å². The van der Waals surface area contributed by atoms with Gasteiger partial charge in [-0.15, -0.1) is 0 Å². The van der Waals surface area contributed by atoms with Crippen molar-refractivity contribution in [3.8, 4) is 0 Å². The third-order valence-electron chi connectivity index (χ3n) is 2.56. The van der Waals surface area contributed by atoms with E-state index in [9.17, 15) is 4.79 Å². The van der Waals surface area contributed by atoms with Gasteiger partial charge in [0, 0.05) is 13.1 Å². The van der Waals surface area contributed by atoms with Crippen LogP contribution >= 0.6 is 0 Å². The number of nitrogens with zero attached hydrogens (tertiary/aromatic N) is 1. The van der Waals surface area contributed by atoms with Gasteiger partial charge in [-0.05, 0) is 31.8 Å². The van der Waals surface area contributed by atoms with Crippen molar-refractivity contribution in [2.45, 2.75) is 31.7 Å². The Labute approximate surface area is 78.4 Å². The standard InChI is InChI=1S/C10H15NO2/c1-11(8-5-6-8)10(12)9-4-2-3-7-13-9/h4,8H,2-3,5-7H2,1H3. The molecular weight excluding hydrogens is 166 g/mol. The summed E-state index contributed by atoms with van der Waals surface area (Å²) in [5.41, 5.74) is 0. The van der Waals surface area contributed by atoms with Crippen LogP contribution < -0.4 is 0 Å². The second-order valence-electron chi connectivity index (χ2n) is 3.71. The summed E-state index contributed by atoms with van der Waals surface area (Å²) in [7, 11) is 1.86. The maximum Gasteiger partial charge on any atom is 0.288 e. The number of allylic oxidation sites excluding steroid dienone is 1. The summed E-state index contributed by atoms with van der Waals surface area (Å²) in [6.45, 7) is 0.691. The molecule has 0 unspecified atom stereocenters. The van der Waals surface area contributed by atoms with Gasteiger partial charge in [-0.1, -0.05) is 0 Å². The molecule has 0 aromatic heterocycles. The highest BCUT2D eigenvalue weighted by atomic mass is 16.5. The molecule has 1 aliphatic heterocycles. The normalized spacial score (nSPS) is 21.8. The molecule has 0 aromatic rings. The summed E-state index contributed by atoms with van der Waals surface area (Å²) >= 11 is 0. The SMILES string of the molecule is CN(C(=O)C1=CCCCO1)C1CC1. The van der Waals surface area contributed by atoms with Crippen molar-refractivity contribution < 1.29 is 9.53 Å². The van der Waals surface area contributed by atoms with E-state index in [1.54, 1.807) is 4.90 Å². The van der Waals surface area contributed by atoms with E-state index in [1.807, 2.05) is 13.1 Å². The van der Waals surface area contributed by atoms with Gasteiger partial charge in [0.15, 0.2) is 5.76 Å². The van der Waals surface area contributed by atoms with E-state index in [-0.39, 0.29) is 5.91 Å². The second-order valence-corrected chi connectivity index (χ2v) is 3.71. The molecule has 1 saturated carbocycles. The van der Waals surface area contributed by atoms with E-state index in [4.69, 9.17) is 4.74 Å².